The Hall–Kier alpha value is -3.15. The minimum absolute atomic E-state index is 0.0407. The molecule has 2 atom stereocenters. The van der Waals surface area contributed by atoms with E-state index in [-0.39, 0.29) is 5.91 Å². The van der Waals surface area contributed by atoms with Crippen molar-refractivity contribution in [2.45, 2.75) is 38.6 Å². The summed E-state index contributed by atoms with van der Waals surface area (Å²) in [5.41, 5.74) is 3.67. The summed E-state index contributed by atoms with van der Waals surface area (Å²) in [7, 11) is 0. The van der Waals surface area contributed by atoms with Crippen molar-refractivity contribution in [2.24, 2.45) is 5.92 Å². The van der Waals surface area contributed by atoms with Gasteiger partial charge in [-0.1, -0.05) is 24.3 Å². The third-order valence-electron chi connectivity index (χ3n) is 5.07. The zero-order chi connectivity index (χ0) is 20.1. The Morgan fingerprint density at radius 3 is 2.43 bits per heavy atom. The number of carbonyl (C=O) groups is 3. The number of carboxylic acids is 1. The molecule has 0 aromatic heterocycles. The fraction of sp³-hybridized carbons (Fsp3) is 0.318. The van der Waals surface area contributed by atoms with Crippen molar-refractivity contribution in [3.63, 3.8) is 0 Å². The van der Waals surface area contributed by atoms with Gasteiger partial charge in [-0.15, -0.1) is 0 Å². The molecule has 146 valence electrons. The fourth-order valence-corrected chi connectivity index (χ4v) is 3.47. The van der Waals surface area contributed by atoms with Crippen LogP contribution in [0.3, 0.4) is 0 Å². The van der Waals surface area contributed by atoms with Crippen molar-refractivity contribution in [1.82, 2.24) is 5.32 Å². The van der Waals surface area contributed by atoms with E-state index in [4.69, 9.17) is 5.11 Å². The van der Waals surface area contributed by atoms with Crippen molar-refractivity contribution < 1.29 is 19.5 Å². The van der Waals surface area contributed by atoms with Gasteiger partial charge in [-0.2, -0.15) is 0 Å². The van der Waals surface area contributed by atoms with Crippen LogP contribution >= 0.6 is 0 Å². The number of hydrogen-bond acceptors (Lipinski definition) is 3. The summed E-state index contributed by atoms with van der Waals surface area (Å²) in [5, 5.41) is 14.1. The van der Waals surface area contributed by atoms with Gasteiger partial charge in [0.2, 0.25) is 5.91 Å². The highest BCUT2D eigenvalue weighted by atomic mass is 16.4. The van der Waals surface area contributed by atoms with Crippen LogP contribution in [0, 0.1) is 5.92 Å². The molecule has 0 saturated carbocycles. The lowest BCUT2D eigenvalue weighted by Gasteiger charge is -2.24. The number of amides is 2. The van der Waals surface area contributed by atoms with E-state index in [0.29, 0.717) is 23.6 Å². The largest absolute Gasteiger partial charge is 0.480 e. The third-order valence-corrected chi connectivity index (χ3v) is 5.07. The van der Waals surface area contributed by atoms with Gasteiger partial charge >= 0.3 is 5.97 Å². The van der Waals surface area contributed by atoms with Gasteiger partial charge in [0.25, 0.3) is 5.91 Å². The Morgan fingerprint density at radius 1 is 1.07 bits per heavy atom. The smallest absolute Gasteiger partial charge is 0.325 e. The predicted octanol–water partition coefficient (Wildman–Crippen LogP) is 3.02. The third kappa shape index (κ3) is 4.97. The molecule has 2 aromatic carbocycles. The van der Waals surface area contributed by atoms with Crippen LogP contribution in [0.5, 0.6) is 0 Å². The lowest BCUT2D eigenvalue weighted by Crippen LogP contribution is -2.38. The monoisotopic (exact) mass is 380 g/mol. The van der Waals surface area contributed by atoms with Crippen molar-refractivity contribution in [3.05, 3.63) is 65.2 Å². The quantitative estimate of drug-likeness (QED) is 0.718. The second-order valence-corrected chi connectivity index (χ2v) is 7.24. The minimum atomic E-state index is -1.09. The Labute approximate surface area is 164 Å². The number of benzene rings is 2. The Morgan fingerprint density at radius 2 is 1.75 bits per heavy atom. The van der Waals surface area contributed by atoms with Crippen LogP contribution in [0.1, 0.15) is 41.3 Å². The number of hydrogen-bond donors (Lipinski definition) is 3. The predicted molar refractivity (Wildman–Crippen MR) is 106 cm³/mol. The number of aryl methyl sites for hydroxylation is 1. The van der Waals surface area contributed by atoms with E-state index in [1.54, 1.807) is 24.3 Å². The number of carbonyl (C=O) groups excluding carboxylic acids is 2. The van der Waals surface area contributed by atoms with Crippen LogP contribution in [0.4, 0.5) is 5.69 Å². The number of aliphatic carboxylic acids is 1. The molecule has 0 aliphatic heterocycles. The molecule has 0 saturated heterocycles. The second kappa shape index (κ2) is 8.69. The molecule has 2 amide bonds. The molecule has 0 spiro atoms. The molecule has 0 bridgehead atoms. The Bertz CT molecular complexity index is 876. The van der Waals surface area contributed by atoms with Crippen LogP contribution < -0.4 is 10.6 Å². The zero-order valence-electron chi connectivity index (χ0n) is 15.8. The van der Waals surface area contributed by atoms with Gasteiger partial charge in [-0.3, -0.25) is 14.4 Å². The summed E-state index contributed by atoms with van der Waals surface area (Å²) >= 11 is 0. The molecule has 1 aliphatic rings. The van der Waals surface area contributed by atoms with Gasteiger partial charge in [0.05, 0.1) is 0 Å². The van der Waals surface area contributed by atoms with Crippen molar-refractivity contribution >= 4 is 23.5 Å². The number of rotatable bonds is 6. The van der Waals surface area contributed by atoms with Crippen LogP contribution in [0.25, 0.3) is 0 Å². The first-order chi connectivity index (χ1) is 13.4. The number of carboxylic acid groups (broad SMARTS) is 1. The SMILES string of the molecule is CC(NC(=O)c1ccc(NC(=O)CC2CCc3ccccc3C2)cc1)C(=O)O. The van der Waals surface area contributed by atoms with E-state index >= 15 is 0 Å². The van der Waals surface area contributed by atoms with E-state index in [2.05, 4.69) is 28.8 Å². The number of fused-ring (bicyclic) bond motifs is 1. The molecule has 3 N–H and O–H groups in total. The molecule has 0 radical (unpaired) electrons. The molecular weight excluding hydrogens is 356 g/mol. The highest BCUT2D eigenvalue weighted by Crippen LogP contribution is 2.27. The van der Waals surface area contributed by atoms with E-state index < -0.39 is 17.9 Å². The maximum absolute atomic E-state index is 12.4. The Kier molecular flexibility index (Phi) is 6.09. The average Bonchev–Trinajstić information content (AvgIpc) is 2.68. The summed E-state index contributed by atoms with van der Waals surface area (Å²) in [6.07, 6.45) is 3.40. The second-order valence-electron chi connectivity index (χ2n) is 7.24. The van der Waals surface area contributed by atoms with E-state index in [1.807, 2.05) is 6.07 Å². The van der Waals surface area contributed by atoms with Gasteiger partial charge in [0.1, 0.15) is 6.04 Å². The molecule has 2 unspecified atom stereocenters. The maximum atomic E-state index is 12.4. The summed E-state index contributed by atoms with van der Waals surface area (Å²) in [4.78, 5) is 35.2. The first-order valence-corrected chi connectivity index (χ1v) is 9.42. The first kappa shape index (κ1) is 19.6. The maximum Gasteiger partial charge on any atom is 0.325 e. The summed E-state index contributed by atoms with van der Waals surface area (Å²) in [6, 6.07) is 13.8. The van der Waals surface area contributed by atoms with Crippen molar-refractivity contribution in [3.8, 4) is 0 Å². The summed E-state index contributed by atoms with van der Waals surface area (Å²) in [6.45, 7) is 1.40. The molecule has 3 rings (SSSR count). The van der Waals surface area contributed by atoms with Crippen LogP contribution in [-0.4, -0.2) is 28.9 Å². The molecule has 2 aromatic rings. The number of anilines is 1. The normalized spacial score (nSPS) is 16.5. The van der Waals surface area contributed by atoms with Gasteiger partial charge in [-0.05, 0) is 67.5 Å². The van der Waals surface area contributed by atoms with E-state index in [1.165, 1.54) is 18.1 Å². The van der Waals surface area contributed by atoms with Gasteiger partial charge in [0, 0.05) is 17.7 Å². The highest BCUT2D eigenvalue weighted by Gasteiger charge is 2.21. The van der Waals surface area contributed by atoms with E-state index in [0.717, 1.165) is 19.3 Å². The summed E-state index contributed by atoms with van der Waals surface area (Å²) < 4.78 is 0. The van der Waals surface area contributed by atoms with E-state index in [9.17, 15) is 14.4 Å². The van der Waals surface area contributed by atoms with Crippen LogP contribution in [0.2, 0.25) is 0 Å². The van der Waals surface area contributed by atoms with Crippen LogP contribution in [-0.2, 0) is 22.4 Å². The highest BCUT2D eigenvalue weighted by molar-refractivity contribution is 5.97. The topological polar surface area (TPSA) is 95.5 Å². The fourth-order valence-electron chi connectivity index (χ4n) is 3.47. The van der Waals surface area contributed by atoms with Crippen molar-refractivity contribution in [1.29, 1.82) is 0 Å². The molecule has 28 heavy (non-hydrogen) atoms. The molecule has 1 aliphatic carbocycles. The molecule has 6 nitrogen and oxygen atoms in total. The van der Waals surface area contributed by atoms with Crippen molar-refractivity contribution in [2.75, 3.05) is 5.32 Å². The Balaban J connectivity index is 1.52. The molecular formula is C22H24N2O4. The molecule has 6 heteroatoms. The summed E-state index contributed by atoms with van der Waals surface area (Å²) in [5.74, 6) is -1.27. The lowest BCUT2D eigenvalue weighted by atomic mass is 9.82. The van der Waals surface area contributed by atoms with Gasteiger partial charge < -0.3 is 15.7 Å². The standard InChI is InChI=1S/C22H24N2O4/c1-14(22(27)28)23-21(26)17-8-10-19(11-9-17)24-20(25)13-15-6-7-16-4-2-3-5-18(16)12-15/h2-5,8-11,14-15H,6-7,12-13H2,1H3,(H,23,26)(H,24,25)(H,27,28). The van der Waals surface area contributed by atoms with Gasteiger partial charge in [-0.25, -0.2) is 0 Å². The number of nitrogens with one attached hydrogen (secondary N) is 2. The zero-order valence-corrected chi connectivity index (χ0v) is 15.8. The minimum Gasteiger partial charge on any atom is -0.480 e. The average molecular weight is 380 g/mol. The molecule has 0 fully saturated rings. The first-order valence-electron chi connectivity index (χ1n) is 9.42. The van der Waals surface area contributed by atoms with Gasteiger partial charge in [0.15, 0.2) is 0 Å². The molecule has 0 heterocycles. The van der Waals surface area contributed by atoms with Crippen LogP contribution in [0.15, 0.2) is 48.5 Å². The lowest BCUT2D eigenvalue weighted by molar-refractivity contribution is -0.138.